The van der Waals surface area contributed by atoms with Gasteiger partial charge in [0.1, 0.15) is 11.6 Å². The lowest BCUT2D eigenvalue weighted by Gasteiger charge is -2.10. The van der Waals surface area contributed by atoms with Crippen LogP contribution in [0.3, 0.4) is 0 Å². The highest BCUT2D eigenvalue weighted by Gasteiger charge is 2.12. The molecule has 0 aromatic heterocycles. The van der Waals surface area contributed by atoms with Crippen LogP contribution in [0, 0.1) is 18.3 Å². The summed E-state index contributed by atoms with van der Waals surface area (Å²) in [7, 11) is 0. The minimum absolute atomic E-state index is 0.000120. The van der Waals surface area contributed by atoms with Gasteiger partial charge in [-0.25, -0.2) is 0 Å². The number of hydrogen-bond acceptors (Lipinski definition) is 2. The van der Waals surface area contributed by atoms with Gasteiger partial charge in [0, 0.05) is 26.6 Å². The quantitative estimate of drug-likeness (QED) is 0.298. The summed E-state index contributed by atoms with van der Waals surface area (Å²) in [5, 5.41) is 13.5. The SMILES string of the molecule is Cc1c(Cl)cccc1NC(=O)/C(C#N)=C/c1ccc(Cc2ccccc2Cl)c(Br)c1. The van der Waals surface area contributed by atoms with Crippen LogP contribution in [0.5, 0.6) is 0 Å². The number of nitriles is 1. The largest absolute Gasteiger partial charge is 0.321 e. The monoisotopic (exact) mass is 498 g/mol. The Morgan fingerprint density at radius 2 is 1.80 bits per heavy atom. The Kier molecular flexibility index (Phi) is 7.33. The van der Waals surface area contributed by atoms with Crippen molar-refractivity contribution in [3.8, 4) is 6.07 Å². The summed E-state index contributed by atoms with van der Waals surface area (Å²) >= 11 is 15.9. The van der Waals surface area contributed by atoms with Crippen LogP contribution in [0.15, 0.2) is 70.7 Å². The van der Waals surface area contributed by atoms with Crippen molar-refractivity contribution in [3.63, 3.8) is 0 Å². The van der Waals surface area contributed by atoms with Crippen molar-refractivity contribution in [2.24, 2.45) is 0 Å². The van der Waals surface area contributed by atoms with E-state index in [9.17, 15) is 10.1 Å². The molecule has 0 aliphatic carbocycles. The van der Waals surface area contributed by atoms with Gasteiger partial charge in [-0.05, 0) is 59.5 Å². The first kappa shape index (κ1) is 22.1. The van der Waals surface area contributed by atoms with Crippen LogP contribution in [0.25, 0.3) is 6.08 Å². The molecular formula is C24H17BrCl2N2O. The molecule has 0 aliphatic rings. The zero-order valence-electron chi connectivity index (χ0n) is 16.0. The number of nitrogens with zero attached hydrogens (tertiary/aromatic N) is 1. The van der Waals surface area contributed by atoms with Crippen molar-refractivity contribution in [1.29, 1.82) is 5.26 Å². The third-order valence-electron chi connectivity index (χ3n) is 4.61. The number of amides is 1. The lowest BCUT2D eigenvalue weighted by atomic mass is 10.0. The summed E-state index contributed by atoms with van der Waals surface area (Å²) < 4.78 is 0.875. The molecule has 0 bridgehead atoms. The molecule has 0 aliphatic heterocycles. The third kappa shape index (κ3) is 5.31. The van der Waals surface area contributed by atoms with Crippen LogP contribution in [0.4, 0.5) is 5.69 Å². The maximum absolute atomic E-state index is 12.6. The average Bonchev–Trinajstić information content (AvgIpc) is 2.73. The predicted octanol–water partition coefficient (Wildman–Crippen LogP) is 7.20. The number of nitrogens with one attached hydrogen (secondary N) is 1. The van der Waals surface area contributed by atoms with E-state index in [2.05, 4.69) is 21.2 Å². The summed E-state index contributed by atoms with van der Waals surface area (Å²) in [6.07, 6.45) is 2.23. The van der Waals surface area contributed by atoms with Crippen molar-refractivity contribution in [2.45, 2.75) is 13.3 Å². The molecule has 1 amide bonds. The maximum Gasteiger partial charge on any atom is 0.266 e. The molecule has 0 atom stereocenters. The fraction of sp³-hybridized carbons (Fsp3) is 0.0833. The first-order valence-electron chi connectivity index (χ1n) is 9.09. The second kappa shape index (κ2) is 9.95. The summed E-state index contributed by atoms with van der Waals surface area (Å²) in [6, 6.07) is 20.6. The van der Waals surface area contributed by atoms with E-state index in [0.717, 1.165) is 26.7 Å². The summed E-state index contributed by atoms with van der Waals surface area (Å²) in [6.45, 7) is 1.81. The zero-order chi connectivity index (χ0) is 21.7. The van der Waals surface area contributed by atoms with Gasteiger partial charge >= 0.3 is 0 Å². The number of carbonyl (C=O) groups excluding carboxylic acids is 1. The Bertz CT molecular complexity index is 1180. The van der Waals surface area contributed by atoms with Gasteiger partial charge in [0.2, 0.25) is 0 Å². The summed E-state index contributed by atoms with van der Waals surface area (Å²) in [5.74, 6) is -0.487. The lowest BCUT2D eigenvalue weighted by molar-refractivity contribution is -0.112. The number of carbonyl (C=O) groups is 1. The molecule has 0 heterocycles. The van der Waals surface area contributed by atoms with E-state index >= 15 is 0 Å². The number of halogens is 3. The normalized spacial score (nSPS) is 11.1. The highest BCUT2D eigenvalue weighted by molar-refractivity contribution is 9.10. The zero-order valence-corrected chi connectivity index (χ0v) is 19.1. The van der Waals surface area contributed by atoms with Gasteiger partial charge in [-0.1, -0.05) is 75.5 Å². The van der Waals surface area contributed by atoms with E-state index in [1.807, 2.05) is 55.5 Å². The molecule has 150 valence electrons. The molecule has 6 heteroatoms. The van der Waals surface area contributed by atoms with Gasteiger partial charge in [0.05, 0.1) is 0 Å². The van der Waals surface area contributed by atoms with Crippen LogP contribution < -0.4 is 5.32 Å². The Labute approximate surface area is 194 Å². The van der Waals surface area contributed by atoms with Crippen LogP contribution in [-0.2, 0) is 11.2 Å². The Morgan fingerprint density at radius 3 is 2.50 bits per heavy atom. The predicted molar refractivity (Wildman–Crippen MR) is 127 cm³/mol. The molecule has 0 saturated heterocycles. The van der Waals surface area contributed by atoms with Crippen molar-refractivity contribution < 1.29 is 4.79 Å². The Balaban J connectivity index is 1.81. The fourth-order valence-electron chi connectivity index (χ4n) is 2.89. The van der Waals surface area contributed by atoms with E-state index in [1.54, 1.807) is 24.3 Å². The van der Waals surface area contributed by atoms with E-state index in [1.165, 1.54) is 0 Å². The summed E-state index contributed by atoms with van der Waals surface area (Å²) in [4.78, 5) is 12.6. The summed E-state index contributed by atoms with van der Waals surface area (Å²) in [5.41, 5.74) is 4.13. The van der Waals surface area contributed by atoms with E-state index in [-0.39, 0.29) is 5.57 Å². The Hall–Kier alpha value is -2.58. The van der Waals surface area contributed by atoms with Gasteiger partial charge in [0.15, 0.2) is 0 Å². The van der Waals surface area contributed by atoms with Gasteiger partial charge < -0.3 is 5.32 Å². The minimum Gasteiger partial charge on any atom is -0.321 e. The second-order valence-electron chi connectivity index (χ2n) is 6.66. The van der Waals surface area contributed by atoms with Crippen LogP contribution in [0.2, 0.25) is 10.0 Å². The number of rotatable bonds is 5. The number of hydrogen-bond donors (Lipinski definition) is 1. The highest BCUT2D eigenvalue weighted by Crippen LogP contribution is 2.26. The average molecular weight is 500 g/mol. The number of benzene rings is 3. The van der Waals surface area contributed by atoms with Crippen molar-refractivity contribution in [1.82, 2.24) is 0 Å². The molecule has 0 spiro atoms. The van der Waals surface area contributed by atoms with Gasteiger partial charge in [0.25, 0.3) is 5.91 Å². The smallest absolute Gasteiger partial charge is 0.266 e. The highest BCUT2D eigenvalue weighted by atomic mass is 79.9. The lowest BCUT2D eigenvalue weighted by Crippen LogP contribution is -2.14. The fourth-order valence-corrected chi connectivity index (χ4v) is 3.81. The van der Waals surface area contributed by atoms with Crippen LogP contribution in [-0.4, -0.2) is 5.91 Å². The molecule has 30 heavy (non-hydrogen) atoms. The van der Waals surface area contributed by atoms with Crippen molar-refractivity contribution >= 4 is 56.8 Å². The molecule has 3 aromatic rings. The van der Waals surface area contributed by atoms with Gasteiger partial charge in [-0.3, -0.25) is 4.79 Å². The third-order valence-corrected chi connectivity index (χ3v) is 6.12. The van der Waals surface area contributed by atoms with Crippen LogP contribution >= 0.6 is 39.1 Å². The molecular weight excluding hydrogens is 483 g/mol. The van der Waals surface area contributed by atoms with E-state index < -0.39 is 5.91 Å². The molecule has 0 unspecified atom stereocenters. The molecule has 0 radical (unpaired) electrons. The second-order valence-corrected chi connectivity index (χ2v) is 8.32. The van der Waals surface area contributed by atoms with Crippen LogP contribution in [0.1, 0.15) is 22.3 Å². The molecule has 1 N–H and O–H groups in total. The van der Waals surface area contributed by atoms with Crippen molar-refractivity contribution in [3.05, 3.63) is 103 Å². The van der Waals surface area contributed by atoms with E-state index in [4.69, 9.17) is 23.2 Å². The molecule has 0 saturated carbocycles. The molecule has 0 fully saturated rings. The minimum atomic E-state index is -0.487. The maximum atomic E-state index is 12.6. The Morgan fingerprint density at radius 1 is 1.07 bits per heavy atom. The first-order valence-corrected chi connectivity index (χ1v) is 10.6. The first-order chi connectivity index (χ1) is 14.4. The molecule has 3 rings (SSSR count). The standard InChI is InChI=1S/C24H17BrCl2N2O/c1-15-21(26)7-4-8-23(15)29-24(30)19(14-28)11-16-9-10-17(20(25)12-16)13-18-5-2-3-6-22(18)27/h2-12H,13H2,1H3,(H,29,30)/b19-11+. The van der Waals surface area contributed by atoms with Crippen molar-refractivity contribution in [2.75, 3.05) is 5.32 Å². The topological polar surface area (TPSA) is 52.9 Å². The number of anilines is 1. The van der Waals surface area contributed by atoms with Gasteiger partial charge in [-0.2, -0.15) is 5.26 Å². The molecule has 3 aromatic carbocycles. The molecule has 3 nitrogen and oxygen atoms in total. The van der Waals surface area contributed by atoms with Gasteiger partial charge in [-0.15, -0.1) is 0 Å². The van der Waals surface area contributed by atoms with E-state index in [0.29, 0.717) is 22.2 Å².